The normalized spacial score (nSPS) is 10.5. The lowest BCUT2D eigenvalue weighted by molar-refractivity contribution is 0.0882. The lowest BCUT2D eigenvalue weighted by Crippen LogP contribution is -2.11. The minimum Gasteiger partial charge on any atom is -0.294 e. The number of aryl methyl sites for hydroxylation is 2. The van der Waals surface area contributed by atoms with Crippen LogP contribution in [0.4, 0.5) is 0 Å². The number of ketones is 4. The van der Waals surface area contributed by atoms with Crippen molar-refractivity contribution < 1.29 is 19.2 Å². The average Bonchev–Trinajstić information content (AvgIpc) is 2.74. The van der Waals surface area contributed by atoms with Crippen LogP contribution in [0.15, 0.2) is 72.8 Å². The Morgan fingerprint density at radius 3 is 1.20 bits per heavy atom. The summed E-state index contributed by atoms with van der Waals surface area (Å²) < 4.78 is 0. The molecule has 0 bridgehead atoms. The van der Waals surface area contributed by atoms with Crippen molar-refractivity contribution in [2.75, 3.05) is 0 Å². The summed E-state index contributed by atoms with van der Waals surface area (Å²) in [6.45, 7) is 3.84. The molecule has 0 spiro atoms. The molecule has 0 radical (unpaired) electrons. The minimum atomic E-state index is -0.361. The SMILES string of the molecule is Cc1ccc(C(=O)CC(=O)c2cccc(C(=O)CC(=O)c3ccc(C)cc3)c2)cc1. The van der Waals surface area contributed by atoms with Gasteiger partial charge in [-0.15, -0.1) is 0 Å². The summed E-state index contributed by atoms with van der Waals surface area (Å²) in [6, 6.07) is 20.3. The molecule has 0 unspecified atom stereocenters. The number of benzene rings is 3. The van der Waals surface area contributed by atoms with E-state index in [1.165, 1.54) is 6.07 Å². The molecule has 0 amide bonds. The second-order valence-electron chi connectivity index (χ2n) is 7.36. The van der Waals surface area contributed by atoms with Gasteiger partial charge >= 0.3 is 0 Å². The molecule has 4 nitrogen and oxygen atoms in total. The highest BCUT2D eigenvalue weighted by Crippen LogP contribution is 2.15. The van der Waals surface area contributed by atoms with Crippen molar-refractivity contribution in [3.05, 3.63) is 106 Å². The van der Waals surface area contributed by atoms with E-state index in [1.807, 2.05) is 38.1 Å². The highest BCUT2D eigenvalue weighted by molar-refractivity contribution is 6.16. The second-order valence-corrected chi connectivity index (χ2v) is 7.36. The van der Waals surface area contributed by atoms with E-state index in [1.54, 1.807) is 42.5 Å². The fraction of sp³-hybridized carbons (Fsp3) is 0.154. The fourth-order valence-corrected chi connectivity index (χ4v) is 3.04. The third-order valence-electron chi connectivity index (χ3n) is 4.90. The van der Waals surface area contributed by atoms with Crippen LogP contribution in [0.1, 0.15) is 65.4 Å². The van der Waals surface area contributed by atoms with Crippen molar-refractivity contribution in [2.45, 2.75) is 26.7 Å². The quantitative estimate of drug-likeness (QED) is 0.386. The maximum atomic E-state index is 12.5. The van der Waals surface area contributed by atoms with E-state index in [0.717, 1.165) is 11.1 Å². The van der Waals surface area contributed by atoms with E-state index in [-0.39, 0.29) is 47.1 Å². The first-order valence-corrected chi connectivity index (χ1v) is 9.69. The molecule has 0 saturated heterocycles. The molecule has 0 aromatic heterocycles. The van der Waals surface area contributed by atoms with Gasteiger partial charge in [0.2, 0.25) is 0 Å². The van der Waals surface area contributed by atoms with Crippen LogP contribution in [0.5, 0.6) is 0 Å². The zero-order valence-electron chi connectivity index (χ0n) is 17.0. The molecular formula is C26H22O4. The summed E-state index contributed by atoms with van der Waals surface area (Å²) in [4.78, 5) is 49.8. The lowest BCUT2D eigenvalue weighted by atomic mass is 9.96. The summed E-state index contributed by atoms with van der Waals surface area (Å²) in [5.74, 6) is -1.27. The molecule has 0 N–H and O–H groups in total. The molecule has 3 aromatic carbocycles. The zero-order valence-corrected chi connectivity index (χ0v) is 17.0. The molecule has 0 saturated carbocycles. The number of carbonyl (C=O) groups is 4. The van der Waals surface area contributed by atoms with Crippen LogP contribution in [-0.4, -0.2) is 23.1 Å². The average molecular weight is 398 g/mol. The smallest absolute Gasteiger partial charge is 0.170 e. The Hall–Kier alpha value is -3.66. The van der Waals surface area contributed by atoms with Crippen LogP contribution < -0.4 is 0 Å². The van der Waals surface area contributed by atoms with Crippen molar-refractivity contribution >= 4 is 23.1 Å². The Kier molecular flexibility index (Phi) is 6.48. The molecule has 0 fully saturated rings. The van der Waals surface area contributed by atoms with Crippen LogP contribution >= 0.6 is 0 Å². The van der Waals surface area contributed by atoms with E-state index in [0.29, 0.717) is 11.1 Å². The summed E-state index contributed by atoms with van der Waals surface area (Å²) in [6.07, 6.45) is -0.550. The van der Waals surface area contributed by atoms with E-state index in [9.17, 15) is 19.2 Å². The van der Waals surface area contributed by atoms with Crippen LogP contribution in [-0.2, 0) is 0 Å². The number of carbonyl (C=O) groups excluding carboxylic acids is 4. The number of Topliss-reactive ketones (excluding diaryl/α,β-unsaturated/α-hetero) is 4. The first-order chi connectivity index (χ1) is 14.3. The molecule has 3 rings (SSSR count). The van der Waals surface area contributed by atoms with Crippen LogP contribution in [0.3, 0.4) is 0 Å². The van der Waals surface area contributed by atoms with Gasteiger partial charge in [-0.25, -0.2) is 0 Å². The Labute approximate surface area is 175 Å². The van der Waals surface area contributed by atoms with E-state index >= 15 is 0 Å². The number of hydrogen-bond acceptors (Lipinski definition) is 4. The molecule has 4 heteroatoms. The largest absolute Gasteiger partial charge is 0.294 e. The van der Waals surface area contributed by atoms with E-state index in [4.69, 9.17) is 0 Å². The molecule has 0 aliphatic carbocycles. The lowest BCUT2D eigenvalue weighted by Gasteiger charge is -2.05. The van der Waals surface area contributed by atoms with E-state index < -0.39 is 0 Å². The summed E-state index contributed by atoms with van der Waals surface area (Å²) >= 11 is 0. The third-order valence-corrected chi connectivity index (χ3v) is 4.90. The van der Waals surface area contributed by atoms with Gasteiger partial charge < -0.3 is 0 Å². The van der Waals surface area contributed by atoms with Gasteiger partial charge in [-0.1, -0.05) is 77.9 Å². The Morgan fingerprint density at radius 1 is 0.500 bits per heavy atom. The zero-order chi connectivity index (χ0) is 21.7. The first-order valence-electron chi connectivity index (χ1n) is 9.69. The third kappa shape index (κ3) is 5.23. The Bertz CT molecular complexity index is 1020. The molecule has 0 aliphatic rings. The van der Waals surface area contributed by atoms with Crippen LogP contribution in [0, 0.1) is 13.8 Å². The van der Waals surface area contributed by atoms with Gasteiger partial charge in [-0.05, 0) is 19.9 Å². The van der Waals surface area contributed by atoms with Crippen molar-refractivity contribution in [1.29, 1.82) is 0 Å². The minimum absolute atomic E-state index is 0.272. The second kappa shape index (κ2) is 9.23. The van der Waals surface area contributed by atoms with Crippen LogP contribution in [0.25, 0.3) is 0 Å². The molecule has 150 valence electrons. The van der Waals surface area contributed by atoms with Crippen molar-refractivity contribution in [3.8, 4) is 0 Å². The summed E-state index contributed by atoms with van der Waals surface area (Å²) in [7, 11) is 0. The van der Waals surface area contributed by atoms with Gasteiger partial charge in [0.25, 0.3) is 0 Å². The maximum absolute atomic E-state index is 12.5. The first kappa shape index (κ1) is 21.1. The molecule has 0 heterocycles. The Morgan fingerprint density at radius 2 is 0.833 bits per heavy atom. The predicted molar refractivity (Wildman–Crippen MR) is 115 cm³/mol. The topological polar surface area (TPSA) is 68.3 Å². The standard InChI is InChI=1S/C26H22O4/c1-17-6-10-19(11-7-17)23(27)15-25(29)21-4-3-5-22(14-21)26(30)16-24(28)20-12-8-18(2)9-13-20/h3-14H,15-16H2,1-2H3. The summed E-state index contributed by atoms with van der Waals surface area (Å²) in [5.41, 5.74) is 3.58. The molecule has 0 atom stereocenters. The van der Waals surface area contributed by atoms with Gasteiger partial charge in [0.05, 0.1) is 12.8 Å². The van der Waals surface area contributed by atoms with Crippen molar-refractivity contribution in [2.24, 2.45) is 0 Å². The molecule has 0 aliphatic heterocycles. The predicted octanol–water partition coefficient (Wildman–Crippen LogP) is 5.21. The van der Waals surface area contributed by atoms with Crippen molar-refractivity contribution in [3.63, 3.8) is 0 Å². The molecule has 3 aromatic rings. The molecule has 30 heavy (non-hydrogen) atoms. The maximum Gasteiger partial charge on any atom is 0.170 e. The highest BCUT2D eigenvalue weighted by atomic mass is 16.2. The van der Waals surface area contributed by atoms with Gasteiger partial charge in [0.1, 0.15) is 0 Å². The monoisotopic (exact) mass is 398 g/mol. The highest BCUT2D eigenvalue weighted by Gasteiger charge is 2.17. The number of hydrogen-bond donors (Lipinski definition) is 0. The van der Waals surface area contributed by atoms with Gasteiger partial charge in [-0.2, -0.15) is 0 Å². The molecular weight excluding hydrogens is 376 g/mol. The van der Waals surface area contributed by atoms with Gasteiger partial charge in [0, 0.05) is 22.3 Å². The Balaban J connectivity index is 1.68. The van der Waals surface area contributed by atoms with Gasteiger partial charge in [0.15, 0.2) is 23.1 Å². The number of rotatable bonds is 8. The van der Waals surface area contributed by atoms with Gasteiger partial charge in [-0.3, -0.25) is 19.2 Å². The summed E-state index contributed by atoms with van der Waals surface area (Å²) in [5, 5.41) is 0. The van der Waals surface area contributed by atoms with Crippen LogP contribution in [0.2, 0.25) is 0 Å². The van der Waals surface area contributed by atoms with Crippen molar-refractivity contribution in [1.82, 2.24) is 0 Å². The van der Waals surface area contributed by atoms with E-state index in [2.05, 4.69) is 0 Å². The fourth-order valence-electron chi connectivity index (χ4n) is 3.04.